The Hall–Kier alpha value is -2.81. The second-order valence-electron chi connectivity index (χ2n) is 8.30. The summed E-state index contributed by atoms with van der Waals surface area (Å²) < 4.78 is 32.7. The van der Waals surface area contributed by atoms with Crippen LogP contribution in [-0.2, 0) is 52.4 Å². The predicted octanol–water partition coefficient (Wildman–Crippen LogP) is -1.08. The van der Waals surface area contributed by atoms with E-state index in [1.807, 2.05) is 0 Å². The quantitative estimate of drug-likeness (QED) is 0.124. The maximum atomic E-state index is 11.9. The summed E-state index contributed by atoms with van der Waals surface area (Å²) in [5, 5.41) is 5.36. The maximum absolute atomic E-state index is 11.9. The lowest BCUT2D eigenvalue weighted by molar-refractivity contribution is -0.277. The van der Waals surface area contributed by atoms with Gasteiger partial charge in [-0.25, -0.2) is 0 Å². The molecule has 0 aromatic rings. The van der Waals surface area contributed by atoms with Crippen LogP contribution >= 0.6 is 0 Å². The van der Waals surface area contributed by atoms with Crippen molar-refractivity contribution in [2.24, 2.45) is 5.73 Å². The van der Waals surface area contributed by atoms with Gasteiger partial charge in [-0.05, 0) is 12.8 Å². The van der Waals surface area contributed by atoms with Crippen LogP contribution in [0, 0.1) is 0 Å². The van der Waals surface area contributed by atoms with Crippen molar-refractivity contribution in [1.29, 1.82) is 0 Å². The minimum Gasteiger partial charge on any atom is -0.463 e. The maximum Gasteiger partial charge on any atom is 0.303 e. The van der Waals surface area contributed by atoms with Gasteiger partial charge in [0, 0.05) is 53.8 Å². The third-order valence-electron chi connectivity index (χ3n) is 4.98. The number of carbonyl (C=O) groups excluding carboxylic acids is 5. The molecule has 0 bridgehead atoms. The first-order valence-electron chi connectivity index (χ1n) is 12.1. The molecule has 1 aliphatic rings. The average molecular weight is 534 g/mol. The first-order chi connectivity index (χ1) is 17.5. The van der Waals surface area contributed by atoms with Gasteiger partial charge in [-0.15, -0.1) is 0 Å². The monoisotopic (exact) mass is 533 g/mol. The summed E-state index contributed by atoms with van der Waals surface area (Å²) >= 11 is 0. The van der Waals surface area contributed by atoms with Crippen molar-refractivity contribution in [2.45, 2.75) is 77.6 Å². The van der Waals surface area contributed by atoms with Gasteiger partial charge < -0.3 is 44.8 Å². The number of carbonyl (C=O) groups is 5. The van der Waals surface area contributed by atoms with Crippen molar-refractivity contribution in [3.63, 3.8) is 0 Å². The lowest BCUT2D eigenvalue weighted by atomic mass is 9.96. The van der Waals surface area contributed by atoms with Crippen molar-refractivity contribution in [3.05, 3.63) is 0 Å². The molecule has 0 aromatic heterocycles. The highest BCUT2D eigenvalue weighted by atomic mass is 16.7. The minimum atomic E-state index is -1.19. The molecule has 1 aliphatic heterocycles. The summed E-state index contributed by atoms with van der Waals surface area (Å²) in [5.41, 5.74) is 5.32. The molecule has 2 amide bonds. The van der Waals surface area contributed by atoms with Crippen LogP contribution in [0.25, 0.3) is 0 Å². The van der Waals surface area contributed by atoms with E-state index in [0.29, 0.717) is 39.1 Å². The van der Waals surface area contributed by atoms with Crippen LogP contribution < -0.4 is 16.4 Å². The molecule has 4 N–H and O–H groups in total. The van der Waals surface area contributed by atoms with Gasteiger partial charge in [-0.3, -0.25) is 24.0 Å². The zero-order valence-electron chi connectivity index (χ0n) is 21.8. The van der Waals surface area contributed by atoms with Crippen LogP contribution in [0.5, 0.6) is 0 Å². The first kappa shape index (κ1) is 32.2. The van der Waals surface area contributed by atoms with Crippen LogP contribution in [0.1, 0.15) is 47.0 Å². The molecule has 14 nitrogen and oxygen atoms in total. The van der Waals surface area contributed by atoms with Gasteiger partial charge in [0.2, 0.25) is 11.8 Å². The Balaban J connectivity index is 2.82. The van der Waals surface area contributed by atoms with Crippen molar-refractivity contribution in [1.82, 2.24) is 10.6 Å². The van der Waals surface area contributed by atoms with E-state index in [4.69, 9.17) is 34.2 Å². The Morgan fingerprint density at radius 1 is 0.865 bits per heavy atom. The van der Waals surface area contributed by atoms with Crippen molar-refractivity contribution in [3.8, 4) is 0 Å². The van der Waals surface area contributed by atoms with Gasteiger partial charge in [-0.2, -0.15) is 0 Å². The number of unbranched alkanes of at least 4 members (excludes halogenated alkanes) is 1. The second kappa shape index (κ2) is 17.6. The fourth-order valence-corrected chi connectivity index (χ4v) is 3.56. The average Bonchev–Trinajstić information content (AvgIpc) is 2.80. The van der Waals surface area contributed by atoms with E-state index in [1.54, 1.807) is 0 Å². The number of rotatable bonds is 16. The Morgan fingerprint density at radius 3 is 2.14 bits per heavy atom. The van der Waals surface area contributed by atoms with Crippen LogP contribution in [0.3, 0.4) is 0 Å². The van der Waals surface area contributed by atoms with E-state index in [1.165, 1.54) is 13.8 Å². The SMILES string of the molecule is CC(=O)NC1C(OCCCCC(=O)NCCOCCN)OC(COC(C)=O)C(OC(C)=O)C1OC(C)=O. The number of nitrogens with one attached hydrogen (secondary N) is 2. The van der Waals surface area contributed by atoms with Gasteiger partial charge in [0.15, 0.2) is 18.5 Å². The van der Waals surface area contributed by atoms with E-state index in [-0.39, 0.29) is 25.5 Å². The molecule has 0 aliphatic carbocycles. The molecule has 37 heavy (non-hydrogen) atoms. The van der Waals surface area contributed by atoms with Crippen molar-refractivity contribution < 1.29 is 52.4 Å². The Morgan fingerprint density at radius 2 is 1.54 bits per heavy atom. The number of hydrogen-bond donors (Lipinski definition) is 3. The van der Waals surface area contributed by atoms with Gasteiger partial charge in [0.1, 0.15) is 18.8 Å². The van der Waals surface area contributed by atoms with Gasteiger partial charge in [0.05, 0.1) is 13.2 Å². The highest BCUT2D eigenvalue weighted by molar-refractivity contribution is 5.75. The molecule has 0 radical (unpaired) electrons. The standard InChI is InChI=1S/C23H39N3O11/c1-14(27)26-20-22(36-17(4)30)21(35-16(3)29)18(13-34-15(2)28)37-23(20)33-10-6-5-7-19(31)25-9-12-32-11-8-24/h18,20-23H,5-13,24H2,1-4H3,(H,25,31)(H,26,27). The van der Waals surface area contributed by atoms with Crippen molar-refractivity contribution in [2.75, 3.05) is 39.5 Å². The normalized spacial score (nSPS) is 23.0. The molecule has 1 fully saturated rings. The molecule has 1 rings (SSSR count). The van der Waals surface area contributed by atoms with Crippen LogP contribution in [0.15, 0.2) is 0 Å². The smallest absolute Gasteiger partial charge is 0.303 e. The molecule has 1 saturated heterocycles. The number of amides is 2. The lowest BCUT2D eigenvalue weighted by Crippen LogP contribution is -2.66. The predicted molar refractivity (Wildman–Crippen MR) is 127 cm³/mol. The topological polar surface area (TPSA) is 191 Å². The molecule has 0 aromatic carbocycles. The molecular weight excluding hydrogens is 494 g/mol. The van der Waals surface area contributed by atoms with Gasteiger partial charge >= 0.3 is 17.9 Å². The zero-order valence-corrected chi connectivity index (χ0v) is 21.8. The summed E-state index contributed by atoms with van der Waals surface area (Å²) in [4.78, 5) is 58.8. The molecule has 1 heterocycles. The van der Waals surface area contributed by atoms with E-state index in [0.717, 1.165) is 13.8 Å². The van der Waals surface area contributed by atoms with Crippen molar-refractivity contribution >= 4 is 29.7 Å². The lowest BCUT2D eigenvalue weighted by Gasteiger charge is -2.44. The Kier molecular flexibility index (Phi) is 15.3. The summed E-state index contributed by atoms with van der Waals surface area (Å²) in [7, 11) is 0. The highest BCUT2D eigenvalue weighted by Gasteiger charge is 2.51. The molecule has 0 spiro atoms. The van der Waals surface area contributed by atoms with Gasteiger partial charge in [0.25, 0.3) is 0 Å². The minimum absolute atomic E-state index is 0.137. The molecule has 212 valence electrons. The molecule has 0 saturated carbocycles. The van der Waals surface area contributed by atoms with Crippen LogP contribution in [0.2, 0.25) is 0 Å². The summed E-state index contributed by atoms with van der Waals surface area (Å²) in [6, 6.07) is -1.03. The van der Waals surface area contributed by atoms with E-state index >= 15 is 0 Å². The van der Waals surface area contributed by atoms with Gasteiger partial charge in [-0.1, -0.05) is 0 Å². The van der Waals surface area contributed by atoms with Crippen LogP contribution in [-0.4, -0.2) is 99.9 Å². The van der Waals surface area contributed by atoms with E-state index < -0.39 is 54.5 Å². The largest absolute Gasteiger partial charge is 0.463 e. The van der Waals surface area contributed by atoms with Crippen LogP contribution in [0.4, 0.5) is 0 Å². The highest BCUT2D eigenvalue weighted by Crippen LogP contribution is 2.28. The molecule has 5 unspecified atom stereocenters. The summed E-state index contributed by atoms with van der Waals surface area (Å²) in [6.07, 6.45) is -3.29. The first-order valence-corrected chi connectivity index (χ1v) is 12.1. The Labute approximate surface area is 216 Å². The number of hydrogen-bond acceptors (Lipinski definition) is 12. The van der Waals surface area contributed by atoms with E-state index in [2.05, 4.69) is 10.6 Å². The third kappa shape index (κ3) is 13.3. The Bertz CT molecular complexity index is 764. The zero-order chi connectivity index (χ0) is 27.8. The fraction of sp³-hybridized carbons (Fsp3) is 0.783. The molecule has 14 heteroatoms. The van der Waals surface area contributed by atoms with E-state index in [9.17, 15) is 24.0 Å². The molecular formula is C23H39N3O11. The summed E-state index contributed by atoms with van der Waals surface area (Å²) in [5.74, 6) is -2.58. The fourth-order valence-electron chi connectivity index (χ4n) is 3.56. The number of nitrogens with two attached hydrogens (primary N) is 1. The second-order valence-corrected chi connectivity index (χ2v) is 8.30. The number of esters is 3. The molecule has 5 atom stereocenters. The number of ether oxygens (including phenoxy) is 6. The summed E-state index contributed by atoms with van der Waals surface area (Å²) in [6.45, 7) is 6.21. The third-order valence-corrected chi connectivity index (χ3v) is 4.98.